The van der Waals surface area contributed by atoms with Crippen LogP contribution in [0.5, 0.6) is 0 Å². The van der Waals surface area contributed by atoms with Gasteiger partial charge in [-0.3, -0.25) is 0 Å². The van der Waals surface area contributed by atoms with Crippen molar-refractivity contribution in [1.82, 2.24) is 4.98 Å². The number of rotatable bonds is 6. The van der Waals surface area contributed by atoms with Crippen LogP contribution in [0.3, 0.4) is 0 Å². The smallest absolute Gasteiger partial charge is 0.128 e. The first-order valence-corrected chi connectivity index (χ1v) is 6.90. The van der Waals surface area contributed by atoms with E-state index in [-0.39, 0.29) is 0 Å². The van der Waals surface area contributed by atoms with Gasteiger partial charge >= 0.3 is 0 Å². The zero-order chi connectivity index (χ0) is 12.8. The molecule has 0 amide bonds. The highest BCUT2D eigenvalue weighted by molar-refractivity contribution is 5.48. The molecule has 1 unspecified atom stereocenters. The number of nitrogens with zero attached hydrogens (tertiary/aromatic N) is 2. The van der Waals surface area contributed by atoms with Crippen LogP contribution in [0.2, 0.25) is 0 Å². The second-order valence-corrected chi connectivity index (χ2v) is 4.59. The maximum absolute atomic E-state index is 5.58. The SMILES string of the molecule is CCN(CC)c1ccc(NCC2CCCO2)cn1. The summed E-state index contributed by atoms with van der Waals surface area (Å²) in [5, 5.41) is 3.38. The molecule has 1 N–H and O–H groups in total. The van der Waals surface area contributed by atoms with E-state index in [1.807, 2.05) is 6.20 Å². The average Bonchev–Trinajstić information content (AvgIpc) is 2.92. The Bertz CT molecular complexity index is 343. The van der Waals surface area contributed by atoms with Gasteiger partial charge in [0.15, 0.2) is 0 Å². The fraction of sp³-hybridized carbons (Fsp3) is 0.643. The maximum Gasteiger partial charge on any atom is 0.128 e. The molecule has 2 rings (SSSR count). The molecule has 0 bridgehead atoms. The van der Waals surface area contributed by atoms with Crippen LogP contribution < -0.4 is 10.2 Å². The molecule has 0 aliphatic carbocycles. The molecule has 1 aliphatic heterocycles. The summed E-state index contributed by atoms with van der Waals surface area (Å²) in [4.78, 5) is 6.73. The highest BCUT2D eigenvalue weighted by atomic mass is 16.5. The van der Waals surface area contributed by atoms with Crippen LogP contribution in [0.25, 0.3) is 0 Å². The first kappa shape index (κ1) is 13.1. The van der Waals surface area contributed by atoms with Crippen molar-refractivity contribution in [1.29, 1.82) is 0 Å². The molecule has 0 saturated carbocycles. The predicted molar refractivity (Wildman–Crippen MR) is 75.3 cm³/mol. The van der Waals surface area contributed by atoms with E-state index in [0.29, 0.717) is 6.10 Å². The van der Waals surface area contributed by atoms with Crippen molar-refractivity contribution in [2.75, 3.05) is 36.5 Å². The Morgan fingerprint density at radius 1 is 1.39 bits per heavy atom. The zero-order valence-corrected chi connectivity index (χ0v) is 11.4. The van der Waals surface area contributed by atoms with Gasteiger partial charge in [-0.2, -0.15) is 0 Å². The van der Waals surface area contributed by atoms with E-state index < -0.39 is 0 Å². The Hall–Kier alpha value is -1.29. The first-order chi connectivity index (χ1) is 8.83. The molecule has 100 valence electrons. The maximum atomic E-state index is 5.58. The number of ether oxygens (including phenoxy) is 1. The van der Waals surface area contributed by atoms with Gasteiger partial charge in [-0.05, 0) is 38.8 Å². The number of hydrogen-bond donors (Lipinski definition) is 1. The Morgan fingerprint density at radius 2 is 2.22 bits per heavy atom. The fourth-order valence-electron chi connectivity index (χ4n) is 2.26. The highest BCUT2D eigenvalue weighted by Gasteiger charge is 2.14. The zero-order valence-electron chi connectivity index (χ0n) is 11.4. The van der Waals surface area contributed by atoms with Gasteiger partial charge in [-0.1, -0.05) is 0 Å². The molecule has 1 saturated heterocycles. The van der Waals surface area contributed by atoms with Gasteiger partial charge in [0, 0.05) is 26.2 Å². The summed E-state index contributed by atoms with van der Waals surface area (Å²) in [5.74, 6) is 1.04. The van der Waals surface area contributed by atoms with Gasteiger partial charge in [0.2, 0.25) is 0 Å². The lowest BCUT2D eigenvalue weighted by Crippen LogP contribution is -2.23. The van der Waals surface area contributed by atoms with Crippen LogP contribution in [0.15, 0.2) is 18.3 Å². The van der Waals surface area contributed by atoms with Crippen molar-refractivity contribution >= 4 is 11.5 Å². The van der Waals surface area contributed by atoms with Crippen molar-refractivity contribution < 1.29 is 4.74 Å². The molecule has 1 aromatic heterocycles. The first-order valence-electron chi connectivity index (χ1n) is 6.90. The summed E-state index contributed by atoms with van der Waals surface area (Å²) in [5.41, 5.74) is 1.07. The van der Waals surface area contributed by atoms with Crippen LogP contribution in [0.4, 0.5) is 11.5 Å². The van der Waals surface area contributed by atoms with Crippen LogP contribution in [-0.4, -0.2) is 37.3 Å². The largest absolute Gasteiger partial charge is 0.381 e. The third-order valence-corrected chi connectivity index (χ3v) is 3.39. The molecule has 4 heteroatoms. The fourth-order valence-corrected chi connectivity index (χ4v) is 2.26. The molecule has 1 atom stereocenters. The van der Waals surface area contributed by atoms with E-state index in [1.54, 1.807) is 0 Å². The lowest BCUT2D eigenvalue weighted by molar-refractivity contribution is 0.120. The summed E-state index contributed by atoms with van der Waals surface area (Å²) >= 11 is 0. The van der Waals surface area contributed by atoms with Crippen LogP contribution in [0, 0.1) is 0 Å². The normalized spacial score (nSPS) is 18.9. The van der Waals surface area contributed by atoms with Gasteiger partial charge in [0.1, 0.15) is 5.82 Å². The summed E-state index contributed by atoms with van der Waals surface area (Å²) in [6.07, 6.45) is 4.62. The van der Waals surface area contributed by atoms with E-state index in [2.05, 4.69) is 41.2 Å². The minimum atomic E-state index is 0.368. The second-order valence-electron chi connectivity index (χ2n) is 4.59. The Balaban J connectivity index is 1.86. The summed E-state index contributed by atoms with van der Waals surface area (Å²) in [7, 11) is 0. The van der Waals surface area contributed by atoms with Gasteiger partial charge in [0.05, 0.1) is 18.0 Å². The molecule has 1 aromatic rings. The number of nitrogens with one attached hydrogen (secondary N) is 1. The molecule has 0 aromatic carbocycles. The summed E-state index contributed by atoms with van der Waals surface area (Å²) in [6, 6.07) is 4.17. The minimum Gasteiger partial charge on any atom is -0.381 e. The van der Waals surface area contributed by atoms with Gasteiger partial charge in [-0.15, -0.1) is 0 Å². The molecule has 0 radical (unpaired) electrons. The molecule has 0 spiro atoms. The molecule has 18 heavy (non-hydrogen) atoms. The third kappa shape index (κ3) is 3.35. The van der Waals surface area contributed by atoms with Crippen molar-refractivity contribution in [3.63, 3.8) is 0 Å². The molecule has 1 aliphatic rings. The lowest BCUT2D eigenvalue weighted by Gasteiger charge is -2.20. The van der Waals surface area contributed by atoms with Crippen molar-refractivity contribution in [2.45, 2.75) is 32.8 Å². The number of hydrogen-bond acceptors (Lipinski definition) is 4. The Kier molecular flexibility index (Phi) is 4.81. The predicted octanol–water partition coefficient (Wildman–Crippen LogP) is 2.52. The highest BCUT2D eigenvalue weighted by Crippen LogP contribution is 2.16. The van der Waals surface area contributed by atoms with E-state index >= 15 is 0 Å². The van der Waals surface area contributed by atoms with E-state index in [4.69, 9.17) is 4.74 Å². The summed E-state index contributed by atoms with van der Waals surface area (Å²) < 4.78 is 5.58. The Morgan fingerprint density at radius 3 is 2.78 bits per heavy atom. The Labute approximate surface area is 109 Å². The second kappa shape index (κ2) is 6.59. The molecule has 2 heterocycles. The van der Waals surface area contributed by atoms with E-state index in [9.17, 15) is 0 Å². The third-order valence-electron chi connectivity index (χ3n) is 3.39. The number of pyridine rings is 1. The minimum absolute atomic E-state index is 0.368. The molecule has 1 fully saturated rings. The van der Waals surface area contributed by atoms with E-state index in [0.717, 1.165) is 44.2 Å². The standard InChI is InChI=1S/C14H23N3O/c1-3-17(4-2)14-8-7-12(10-16-14)15-11-13-6-5-9-18-13/h7-8,10,13,15H,3-6,9,11H2,1-2H3. The van der Waals surface area contributed by atoms with Gasteiger partial charge in [-0.25, -0.2) is 4.98 Å². The summed E-state index contributed by atoms with van der Waals surface area (Å²) in [6.45, 7) is 8.07. The van der Waals surface area contributed by atoms with Crippen molar-refractivity contribution in [3.8, 4) is 0 Å². The lowest BCUT2D eigenvalue weighted by atomic mass is 10.2. The molecular formula is C14H23N3O. The monoisotopic (exact) mass is 249 g/mol. The van der Waals surface area contributed by atoms with Crippen LogP contribution in [-0.2, 0) is 4.74 Å². The quantitative estimate of drug-likeness (QED) is 0.840. The van der Waals surface area contributed by atoms with Crippen LogP contribution >= 0.6 is 0 Å². The molecule has 4 nitrogen and oxygen atoms in total. The number of anilines is 2. The van der Waals surface area contributed by atoms with Gasteiger partial charge in [0.25, 0.3) is 0 Å². The topological polar surface area (TPSA) is 37.4 Å². The van der Waals surface area contributed by atoms with Gasteiger partial charge < -0.3 is 15.0 Å². The number of aromatic nitrogens is 1. The van der Waals surface area contributed by atoms with E-state index in [1.165, 1.54) is 6.42 Å². The van der Waals surface area contributed by atoms with Crippen LogP contribution in [0.1, 0.15) is 26.7 Å². The average molecular weight is 249 g/mol. The van der Waals surface area contributed by atoms with Crippen molar-refractivity contribution in [3.05, 3.63) is 18.3 Å². The molecular weight excluding hydrogens is 226 g/mol. The van der Waals surface area contributed by atoms with Crippen molar-refractivity contribution in [2.24, 2.45) is 0 Å².